The van der Waals surface area contributed by atoms with Crippen LogP contribution in [0.4, 0.5) is 13.2 Å². The molecule has 0 heterocycles. The minimum atomic E-state index is -4.39. The Labute approximate surface area is 86.9 Å². The van der Waals surface area contributed by atoms with E-state index in [2.05, 4.69) is 0 Å². The summed E-state index contributed by atoms with van der Waals surface area (Å²) in [6, 6.07) is -0.488. The normalized spacial score (nSPS) is 13.7. The summed E-state index contributed by atoms with van der Waals surface area (Å²) >= 11 is 0. The van der Waals surface area contributed by atoms with Crippen LogP contribution in [0.15, 0.2) is 0 Å². The smallest absolute Gasteiger partial charge is 0.401 e. The third-order valence-corrected chi connectivity index (χ3v) is 2.21. The number of alkyl halides is 3. The van der Waals surface area contributed by atoms with Crippen molar-refractivity contribution in [2.24, 2.45) is 0 Å². The molecule has 0 aliphatic heterocycles. The number of carboxylic acid groups (broad SMARTS) is 1. The zero-order valence-electron chi connectivity index (χ0n) is 9.22. The number of halogens is 3. The van der Waals surface area contributed by atoms with Gasteiger partial charge in [-0.05, 0) is 27.7 Å². The van der Waals surface area contributed by atoms with Gasteiger partial charge in [0.15, 0.2) is 0 Å². The molecular formula is C9H16F3NO2. The Morgan fingerprint density at radius 2 is 1.73 bits per heavy atom. The molecule has 0 bridgehead atoms. The molecule has 90 valence electrons. The second-order valence-corrected chi connectivity index (χ2v) is 4.20. The van der Waals surface area contributed by atoms with Crippen LogP contribution in [-0.2, 0) is 4.79 Å². The Morgan fingerprint density at radius 1 is 1.33 bits per heavy atom. The SMILES string of the molecule is CC(C)N(CC(F)(F)F)C(C)(C)C(=O)O. The first-order valence-electron chi connectivity index (χ1n) is 4.55. The molecule has 3 nitrogen and oxygen atoms in total. The average molecular weight is 227 g/mol. The van der Waals surface area contributed by atoms with Crippen LogP contribution in [-0.4, -0.2) is 40.3 Å². The molecule has 0 atom stereocenters. The van der Waals surface area contributed by atoms with Crippen molar-refractivity contribution in [1.82, 2.24) is 4.90 Å². The monoisotopic (exact) mass is 227 g/mol. The van der Waals surface area contributed by atoms with E-state index in [0.29, 0.717) is 0 Å². The van der Waals surface area contributed by atoms with Crippen molar-refractivity contribution < 1.29 is 23.1 Å². The molecule has 15 heavy (non-hydrogen) atoms. The molecule has 0 amide bonds. The van der Waals surface area contributed by atoms with Crippen molar-refractivity contribution in [1.29, 1.82) is 0 Å². The molecule has 0 unspecified atom stereocenters. The third-order valence-electron chi connectivity index (χ3n) is 2.21. The number of aliphatic carboxylic acids is 1. The number of rotatable bonds is 4. The lowest BCUT2D eigenvalue weighted by Crippen LogP contribution is -2.56. The van der Waals surface area contributed by atoms with Crippen LogP contribution >= 0.6 is 0 Å². The Morgan fingerprint density at radius 3 is 1.93 bits per heavy atom. The second kappa shape index (κ2) is 4.38. The fourth-order valence-corrected chi connectivity index (χ4v) is 1.34. The summed E-state index contributed by atoms with van der Waals surface area (Å²) in [5.74, 6) is -1.26. The van der Waals surface area contributed by atoms with E-state index < -0.39 is 30.3 Å². The van der Waals surface area contributed by atoms with Crippen LogP contribution in [0.1, 0.15) is 27.7 Å². The predicted octanol–water partition coefficient (Wildman–Crippen LogP) is 2.12. The summed E-state index contributed by atoms with van der Waals surface area (Å²) in [5, 5.41) is 8.85. The van der Waals surface area contributed by atoms with Gasteiger partial charge < -0.3 is 5.11 Å². The van der Waals surface area contributed by atoms with Gasteiger partial charge in [0.25, 0.3) is 0 Å². The fourth-order valence-electron chi connectivity index (χ4n) is 1.34. The summed E-state index contributed by atoms with van der Waals surface area (Å²) in [6.45, 7) is 4.39. The van der Waals surface area contributed by atoms with Gasteiger partial charge in [-0.15, -0.1) is 0 Å². The lowest BCUT2D eigenvalue weighted by molar-refractivity contribution is -0.174. The van der Waals surface area contributed by atoms with Gasteiger partial charge in [0.05, 0.1) is 6.54 Å². The molecular weight excluding hydrogens is 211 g/mol. The summed E-state index contributed by atoms with van der Waals surface area (Å²) in [7, 11) is 0. The number of nitrogens with zero attached hydrogens (tertiary/aromatic N) is 1. The van der Waals surface area contributed by atoms with Crippen LogP contribution in [0.5, 0.6) is 0 Å². The Hall–Kier alpha value is -0.780. The molecule has 0 saturated heterocycles. The highest BCUT2D eigenvalue weighted by Crippen LogP contribution is 2.25. The predicted molar refractivity (Wildman–Crippen MR) is 49.6 cm³/mol. The van der Waals surface area contributed by atoms with Crippen molar-refractivity contribution in [2.75, 3.05) is 6.54 Å². The van der Waals surface area contributed by atoms with Crippen LogP contribution in [0.25, 0.3) is 0 Å². The molecule has 0 aliphatic rings. The van der Waals surface area contributed by atoms with E-state index in [0.717, 1.165) is 4.90 Å². The van der Waals surface area contributed by atoms with Gasteiger partial charge in [-0.2, -0.15) is 13.2 Å². The van der Waals surface area contributed by atoms with Crippen LogP contribution in [0.2, 0.25) is 0 Å². The second-order valence-electron chi connectivity index (χ2n) is 4.20. The number of carbonyl (C=O) groups is 1. The Balaban J connectivity index is 4.91. The van der Waals surface area contributed by atoms with Gasteiger partial charge >= 0.3 is 12.1 Å². The molecule has 0 aromatic carbocycles. The molecule has 0 radical (unpaired) electrons. The van der Waals surface area contributed by atoms with Crippen LogP contribution in [0.3, 0.4) is 0 Å². The fraction of sp³-hybridized carbons (Fsp3) is 0.889. The summed E-state index contributed by atoms with van der Waals surface area (Å²) < 4.78 is 36.7. The first kappa shape index (κ1) is 14.2. The zero-order valence-corrected chi connectivity index (χ0v) is 9.22. The highest BCUT2D eigenvalue weighted by molar-refractivity contribution is 5.77. The largest absolute Gasteiger partial charge is 0.480 e. The van der Waals surface area contributed by atoms with E-state index in [1.54, 1.807) is 0 Å². The number of hydrogen-bond acceptors (Lipinski definition) is 2. The van der Waals surface area contributed by atoms with E-state index in [4.69, 9.17) is 5.11 Å². The van der Waals surface area contributed by atoms with Gasteiger partial charge in [-0.1, -0.05) is 0 Å². The van der Waals surface area contributed by atoms with E-state index >= 15 is 0 Å². The molecule has 6 heteroatoms. The lowest BCUT2D eigenvalue weighted by atomic mass is 10.0. The molecule has 1 N–H and O–H groups in total. The average Bonchev–Trinajstić information content (AvgIpc) is 1.97. The van der Waals surface area contributed by atoms with Gasteiger partial charge in [0, 0.05) is 6.04 Å². The van der Waals surface area contributed by atoms with Crippen molar-refractivity contribution in [2.45, 2.75) is 45.5 Å². The highest BCUT2D eigenvalue weighted by atomic mass is 19.4. The van der Waals surface area contributed by atoms with Gasteiger partial charge in [-0.25, -0.2) is 0 Å². The van der Waals surface area contributed by atoms with Crippen LogP contribution < -0.4 is 0 Å². The van der Waals surface area contributed by atoms with Gasteiger partial charge in [-0.3, -0.25) is 9.69 Å². The number of hydrogen-bond donors (Lipinski definition) is 1. The summed E-state index contributed by atoms with van der Waals surface area (Å²) in [5.41, 5.74) is -1.52. The molecule has 0 spiro atoms. The van der Waals surface area contributed by atoms with Crippen LogP contribution in [0, 0.1) is 0 Å². The Kier molecular flexibility index (Phi) is 4.16. The first-order chi connectivity index (χ1) is 6.48. The maximum absolute atomic E-state index is 12.2. The lowest BCUT2D eigenvalue weighted by Gasteiger charge is -2.38. The minimum absolute atomic E-state index is 0.488. The maximum Gasteiger partial charge on any atom is 0.401 e. The molecule has 0 aliphatic carbocycles. The highest BCUT2D eigenvalue weighted by Gasteiger charge is 2.42. The van der Waals surface area contributed by atoms with E-state index in [1.807, 2.05) is 0 Å². The van der Waals surface area contributed by atoms with Gasteiger partial charge in [0.1, 0.15) is 5.54 Å². The number of carboxylic acids is 1. The first-order valence-corrected chi connectivity index (χ1v) is 4.55. The standard InChI is InChI=1S/C9H16F3NO2/c1-6(2)13(5-9(10,11)12)8(3,4)7(14)15/h6H,5H2,1-4H3,(H,14,15). The van der Waals surface area contributed by atoms with Crippen molar-refractivity contribution in [3.05, 3.63) is 0 Å². The topological polar surface area (TPSA) is 40.5 Å². The summed E-state index contributed by atoms with van der Waals surface area (Å²) in [4.78, 5) is 11.8. The van der Waals surface area contributed by atoms with Gasteiger partial charge in [0.2, 0.25) is 0 Å². The minimum Gasteiger partial charge on any atom is -0.480 e. The zero-order chi connectivity index (χ0) is 12.4. The molecule has 0 saturated carbocycles. The Bertz CT molecular complexity index is 236. The van der Waals surface area contributed by atoms with Crippen molar-refractivity contribution in [3.63, 3.8) is 0 Å². The molecule has 0 rings (SSSR count). The van der Waals surface area contributed by atoms with E-state index in [1.165, 1.54) is 27.7 Å². The maximum atomic E-state index is 12.2. The molecule has 0 aromatic rings. The molecule has 0 fully saturated rings. The summed E-state index contributed by atoms with van der Waals surface area (Å²) in [6.07, 6.45) is -4.39. The van der Waals surface area contributed by atoms with E-state index in [-0.39, 0.29) is 0 Å². The van der Waals surface area contributed by atoms with E-state index in [9.17, 15) is 18.0 Å². The third kappa shape index (κ3) is 4.07. The quantitative estimate of drug-likeness (QED) is 0.799. The van der Waals surface area contributed by atoms with Crippen molar-refractivity contribution in [3.8, 4) is 0 Å². The van der Waals surface area contributed by atoms with Crippen molar-refractivity contribution >= 4 is 5.97 Å². The molecule has 0 aromatic heterocycles.